The third-order valence-electron chi connectivity index (χ3n) is 4.39. The number of carbonyl (C=O) groups is 2. The summed E-state index contributed by atoms with van der Waals surface area (Å²) in [6.45, 7) is 4.76. The average molecular weight is 332 g/mol. The molecule has 1 atom stereocenters. The molecule has 2 amide bonds. The number of para-hydroxylation sites is 1. The predicted molar refractivity (Wildman–Crippen MR) is 90.9 cm³/mol. The highest BCUT2D eigenvalue weighted by molar-refractivity contribution is 5.87. The van der Waals surface area contributed by atoms with Gasteiger partial charge in [-0.15, -0.1) is 0 Å². The summed E-state index contributed by atoms with van der Waals surface area (Å²) in [6, 6.07) is 10.2. The van der Waals surface area contributed by atoms with Crippen LogP contribution in [-0.4, -0.2) is 75.2 Å². The van der Waals surface area contributed by atoms with E-state index in [4.69, 9.17) is 4.74 Å². The molecule has 2 heterocycles. The highest BCUT2D eigenvalue weighted by Gasteiger charge is 2.24. The number of nitrogens with zero attached hydrogens (tertiary/aromatic N) is 2. The van der Waals surface area contributed by atoms with Gasteiger partial charge in [-0.05, 0) is 12.1 Å². The maximum Gasteiger partial charge on any atom is 0.250 e. The van der Waals surface area contributed by atoms with Gasteiger partial charge in [-0.1, -0.05) is 18.2 Å². The molecule has 3 rings (SSSR count). The monoisotopic (exact) mass is 332 g/mol. The number of rotatable bonds is 4. The summed E-state index contributed by atoms with van der Waals surface area (Å²) in [5.74, 6) is -0.265. The van der Waals surface area contributed by atoms with Crippen LogP contribution in [0.5, 0.6) is 0 Å². The van der Waals surface area contributed by atoms with Gasteiger partial charge in [-0.3, -0.25) is 9.59 Å². The van der Waals surface area contributed by atoms with Crippen LogP contribution in [0.3, 0.4) is 0 Å². The minimum absolute atomic E-state index is 0.0318. The molecular weight excluding hydrogens is 308 g/mol. The van der Waals surface area contributed by atoms with Crippen LogP contribution in [0, 0.1) is 0 Å². The molecule has 130 valence electrons. The fourth-order valence-electron chi connectivity index (χ4n) is 2.98. The maximum atomic E-state index is 12.3. The van der Waals surface area contributed by atoms with Crippen molar-refractivity contribution in [1.82, 2.24) is 15.5 Å². The first kappa shape index (κ1) is 16.7. The number of hydrogen-bond donors (Lipinski definition) is 2. The molecule has 0 aromatic heterocycles. The van der Waals surface area contributed by atoms with Gasteiger partial charge in [-0.25, -0.2) is 0 Å². The maximum absolute atomic E-state index is 12.3. The highest BCUT2D eigenvalue weighted by atomic mass is 16.5. The highest BCUT2D eigenvalue weighted by Crippen LogP contribution is 2.15. The first-order valence-electron chi connectivity index (χ1n) is 8.42. The van der Waals surface area contributed by atoms with Gasteiger partial charge in [0.25, 0.3) is 5.91 Å². The third kappa shape index (κ3) is 4.24. The Morgan fingerprint density at radius 2 is 1.92 bits per heavy atom. The Hall–Kier alpha value is -2.12. The van der Waals surface area contributed by atoms with Crippen molar-refractivity contribution in [3.8, 4) is 0 Å². The number of morpholine rings is 1. The lowest BCUT2D eigenvalue weighted by Gasteiger charge is -2.36. The number of ether oxygens (including phenoxy) is 1. The normalized spacial score (nSPS) is 21.4. The molecule has 2 aliphatic rings. The largest absolute Gasteiger partial charge is 0.368 e. The van der Waals surface area contributed by atoms with Crippen LogP contribution < -0.4 is 15.5 Å². The van der Waals surface area contributed by atoms with Gasteiger partial charge in [0.1, 0.15) is 6.10 Å². The second kappa shape index (κ2) is 8.12. The number of hydrogen-bond acceptors (Lipinski definition) is 5. The van der Waals surface area contributed by atoms with Crippen LogP contribution in [0.25, 0.3) is 0 Å². The molecule has 0 aliphatic carbocycles. The molecule has 7 nitrogen and oxygen atoms in total. The van der Waals surface area contributed by atoms with Crippen molar-refractivity contribution in [2.24, 2.45) is 0 Å². The molecule has 2 N–H and O–H groups in total. The zero-order valence-electron chi connectivity index (χ0n) is 13.7. The second-order valence-corrected chi connectivity index (χ2v) is 5.98. The van der Waals surface area contributed by atoms with Gasteiger partial charge in [0.2, 0.25) is 5.91 Å². The van der Waals surface area contributed by atoms with E-state index in [0.717, 1.165) is 19.6 Å². The smallest absolute Gasteiger partial charge is 0.250 e. The van der Waals surface area contributed by atoms with Crippen molar-refractivity contribution in [3.05, 3.63) is 30.3 Å². The zero-order chi connectivity index (χ0) is 16.8. The number of benzene rings is 1. The van der Waals surface area contributed by atoms with E-state index in [1.165, 1.54) is 5.69 Å². The molecule has 0 spiro atoms. The summed E-state index contributed by atoms with van der Waals surface area (Å²) in [5.41, 5.74) is 1.18. The standard InChI is InChI=1S/C17H24N4O3/c22-16(13-19-17(23)15-12-18-6-11-24-15)21-9-7-20(8-10-21)14-4-2-1-3-5-14/h1-5,15,18H,6-13H2,(H,19,23). The van der Waals surface area contributed by atoms with Crippen molar-refractivity contribution in [2.45, 2.75) is 6.10 Å². The third-order valence-corrected chi connectivity index (χ3v) is 4.39. The summed E-state index contributed by atoms with van der Waals surface area (Å²) in [5, 5.41) is 5.78. The van der Waals surface area contributed by atoms with Crippen molar-refractivity contribution >= 4 is 17.5 Å². The zero-order valence-corrected chi connectivity index (χ0v) is 13.7. The van der Waals surface area contributed by atoms with E-state index in [9.17, 15) is 9.59 Å². The van der Waals surface area contributed by atoms with Crippen molar-refractivity contribution < 1.29 is 14.3 Å². The van der Waals surface area contributed by atoms with Gasteiger partial charge >= 0.3 is 0 Å². The predicted octanol–water partition coefficient (Wildman–Crippen LogP) is -0.560. The topological polar surface area (TPSA) is 73.9 Å². The molecule has 0 radical (unpaired) electrons. The van der Waals surface area contributed by atoms with Crippen LogP contribution >= 0.6 is 0 Å². The van der Waals surface area contributed by atoms with Gasteiger partial charge in [0.05, 0.1) is 13.2 Å². The number of carbonyl (C=O) groups excluding carboxylic acids is 2. The van der Waals surface area contributed by atoms with E-state index >= 15 is 0 Å². The number of nitrogens with one attached hydrogen (secondary N) is 2. The van der Waals surface area contributed by atoms with Gasteiger partial charge in [0, 0.05) is 45.0 Å². The Morgan fingerprint density at radius 1 is 1.17 bits per heavy atom. The molecule has 0 saturated carbocycles. The van der Waals surface area contributed by atoms with Crippen LogP contribution in [0.4, 0.5) is 5.69 Å². The summed E-state index contributed by atoms with van der Waals surface area (Å²) in [7, 11) is 0. The Balaban J connectivity index is 1.41. The lowest BCUT2D eigenvalue weighted by atomic mass is 10.2. The SMILES string of the molecule is O=C(NCC(=O)N1CCN(c2ccccc2)CC1)C1CNCCO1. The Morgan fingerprint density at radius 3 is 2.58 bits per heavy atom. The van der Waals surface area contributed by atoms with Crippen LogP contribution in [-0.2, 0) is 14.3 Å². The molecule has 24 heavy (non-hydrogen) atoms. The van der Waals surface area contributed by atoms with Crippen molar-refractivity contribution in [2.75, 3.05) is 57.3 Å². The molecule has 2 saturated heterocycles. The second-order valence-electron chi connectivity index (χ2n) is 5.98. The minimum atomic E-state index is -0.499. The summed E-state index contributed by atoms with van der Waals surface area (Å²) < 4.78 is 5.37. The number of piperazine rings is 1. The van der Waals surface area contributed by atoms with E-state index in [1.54, 1.807) is 4.90 Å². The molecule has 1 unspecified atom stereocenters. The van der Waals surface area contributed by atoms with E-state index in [2.05, 4.69) is 27.7 Å². The van der Waals surface area contributed by atoms with E-state index in [0.29, 0.717) is 26.2 Å². The Kier molecular flexibility index (Phi) is 5.66. The fourth-order valence-corrected chi connectivity index (χ4v) is 2.98. The molecule has 0 bridgehead atoms. The first-order chi connectivity index (χ1) is 11.7. The number of amides is 2. The summed E-state index contributed by atoms with van der Waals surface area (Å²) in [6.07, 6.45) is -0.499. The quantitative estimate of drug-likeness (QED) is 0.773. The van der Waals surface area contributed by atoms with Gasteiger partial charge < -0.3 is 25.2 Å². The van der Waals surface area contributed by atoms with E-state index < -0.39 is 6.10 Å². The first-order valence-corrected chi connectivity index (χ1v) is 8.42. The van der Waals surface area contributed by atoms with E-state index in [-0.39, 0.29) is 18.4 Å². The lowest BCUT2D eigenvalue weighted by molar-refractivity contribution is -0.138. The lowest BCUT2D eigenvalue weighted by Crippen LogP contribution is -2.53. The van der Waals surface area contributed by atoms with Crippen molar-refractivity contribution in [3.63, 3.8) is 0 Å². The van der Waals surface area contributed by atoms with Crippen LogP contribution in [0.15, 0.2) is 30.3 Å². The van der Waals surface area contributed by atoms with E-state index in [1.807, 2.05) is 18.2 Å². The van der Waals surface area contributed by atoms with Crippen LogP contribution in [0.2, 0.25) is 0 Å². The van der Waals surface area contributed by atoms with Crippen molar-refractivity contribution in [1.29, 1.82) is 0 Å². The molecule has 2 fully saturated rings. The summed E-state index contributed by atoms with van der Waals surface area (Å²) in [4.78, 5) is 28.3. The molecular formula is C17H24N4O3. The Labute approximate surface area is 141 Å². The molecule has 2 aliphatic heterocycles. The molecule has 7 heteroatoms. The van der Waals surface area contributed by atoms with Gasteiger partial charge in [0.15, 0.2) is 0 Å². The average Bonchev–Trinajstić information content (AvgIpc) is 2.67. The number of anilines is 1. The minimum Gasteiger partial charge on any atom is -0.368 e. The van der Waals surface area contributed by atoms with Crippen LogP contribution in [0.1, 0.15) is 0 Å². The molecule has 1 aromatic carbocycles. The van der Waals surface area contributed by atoms with Gasteiger partial charge in [-0.2, -0.15) is 0 Å². The fraction of sp³-hybridized carbons (Fsp3) is 0.529. The Bertz CT molecular complexity index is 552. The summed E-state index contributed by atoms with van der Waals surface area (Å²) >= 11 is 0. The molecule has 1 aromatic rings.